The Morgan fingerprint density at radius 1 is 0.674 bits per heavy atom. The first-order valence-corrected chi connectivity index (χ1v) is 10.3. The minimum Gasteiger partial charge on any atom is -0.870 e. The van der Waals surface area contributed by atoms with Gasteiger partial charge in [0.05, 0.1) is 7.11 Å². The summed E-state index contributed by atoms with van der Waals surface area (Å²) in [6.45, 7) is 0. The predicted molar refractivity (Wildman–Crippen MR) is 118 cm³/mol. The molecule has 0 atom stereocenters. The zero-order valence-electron chi connectivity index (χ0n) is 21.2. The molecular weight excluding hydrogens is 652 g/mol. The quantitative estimate of drug-likeness (QED) is 0.185. The number of aromatic nitrogens is 3. The van der Waals surface area contributed by atoms with Gasteiger partial charge in [0.2, 0.25) is 17.6 Å². The molecule has 22 heteroatoms. The van der Waals surface area contributed by atoms with Gasteiger partial charge < -0.3 is 29.5 Å². The molecule has 0 aliphatic heterocycles. The van der Waals surface area contributed by atoms with Crippen molar-refractivity contribution in [1.82, 2.24) is 15.0 Å². The molecule has 2 N–H and O–H groups in total. The molecule has 43 heavy (non-hydrogen) atoms. The molecule has 232 valence electrons. The van der Waals surface area contributed by atoms with Gasteiger partial charge in [-0.1, -0.05) is 29.8 Å². The van der Waals surface area contributed by atoms with Gasteiger partial charge in [0.1, 0.15) is 5.15 Å². The number of carbonyl (C=O) groups excluding carboxylic acids is 1. The number of alkyl halides is 9. The fraction of sp³-hybridized carbons (Fsp3) is 0.190. The van der Waals surface area contributed by atoms with Crippen molar-refractivity contribution in [3.05, 3.63) is 71.1 Å². The molecule has 11 nitrogen and oxygen atoms in total. The third-order valence-corrected chi connectivity index (χ3v) is 3.62. The van der Waals surface area contributed by atoms with Crippen molar-refractivity contribution in [3.63, 3.8) is 0 Å². The number of rotatable bonds is 5. The number of carboxylic acid groups (broad SMARTS) is 1. The number of ether oxygens (including phenoxy) is 4. The van der Waals surface area contributed by atoms with E-state index in [1.807, 2.05) is 0 Å². The van der Waals surface area contributed by atoms with Crippen LogP contribution < -0.4 is 43.8 Å². The molecule has 0 bridgehead atoms. The van der Waals surface area contributed by atoms with Gasteiger partial charge in [0, 0.05) is 18.2 Å². The first-order valence-electron chi connectivity index (χ1n) is 9.93. The maximum Gasteiger partial charge on any atom is 1.00 e. The Morgan fingerprint density at radius 2 is 1.02 bits per heavy atom. The van der Waals surface area contributed by atoms with Crippen molar-refractivity contribution >= 4 is 23.5 Å². The summed E-state index contributed by atoms with van der Waals surface area (Å²) in [4.78, 5) is 30.9. The summed E-state index contributed by atoms with van der Waals surface area (Å²) in [5.41, 5.74) is -0.758. The van der Waals surface area contributed by atoms with Crippen LogP contribution in [0.1, 0.15) is 21.0 Å². The van der Waals surface area contributed by atoms with Crippen LogP contribution in [-0.2, 0) is 4.74 Å². The SMILES string of the molecule is COC(=O)c1cccc(OC(F)(F)F)n1.FC(F)(F)Oc1cccc(Cl)n1.O=C(O)c1cccc(OC(F)(F)F)n1.[Na+].[OH-]. The number of aromatic carboxylic acids is 1. The molecule has 0 saturated heterocycles. The van der Waals surface area contributed by atoms with Crippen molar-refractivity contribution in [2.24, 2.45) is 0 Å². The van der Waals surface area contributed by atoms with Gasteiger partial charge in [-0.2, -0.15) is 0 Å². The molecule has 3 rings (SSSR count). The second-order valence-electron chi connectivity index (χ2n) is 6.46. The number of hydrogen-bond donors (Lipinski definition) is 1. The normalized spacial score (nSPS) is 10.6. The van der Waals surface area contributed by atoms with Crippen LogP contribution in [0, 0.1) is 0 Å². The van der Waals surface area contributed by atoms with Gasteiger partial charge in [-0.25, -0.2) is 24.5 Å². The fourth-order valence-electron chi connectivity index (χ4n) is 2.08. The summed E-state index contributed by atoms with van der Waals surface area (Å²) in [5, 5.41) is 8.36. The zero-order chi connectivity index (χ0) is 31.4. The third-order valence-electron chi connectivity index (χ3n) is 3.41. The van der Waals surface area contributed by atoms with E-state index in [0.717, 1.165) is 37.4 Å². The number of hydrogen-bond acceptors (Lipinski definition) is 10. The van der Waals surface area contributed by atoms with Crippen LogP contribution in [0.25, 0.3) is 0 Å². The Hall–Kier alpha value is -3.59. The molecule has 0 fully saturated rings. The summed E-state index contributed by atoms with van der Waals surface area (Å²) in [6, 6.07) is 10.2. The van der Waals surface area contributed by atoms with E-state index in [9.17, 15) is 49.1 Å². The number of pyridine rings is 3. The number of nitrogens with zero attached hydrogens (tertiary/aromatic N) is 3. The molecule has 0 unspecified atom stereocenters. The molecule has 3 aromatic heterocycles. The van der Waals surface area contributed by atoms with Crippen LogP contribution in [0.3, 0.4) is 0 Å². The molecule has 0 radical (unpaired) electrons. The van der Waals surface area contributed by atoms with Crippen molar-refractivity contribution in [1.29, 1.82) is 0 Å². The summed E-state index contributed by atoms with van der Waals surface area (Å²) >= 11 is 5.32. The largest absolute Gasteiger partial charge is 1.00 e. The van der Waals surface area contributed by atoms with Crippen LogP contribution in [0.5, 0.6) is 17.6 Å². The second-order valence-corrected chi connectivity index (χ2v) is 6.85. The second kappa shape index (κ2) is 18.2. The van der Waals surface area contributed by atoms with E-state index in [1.165, 1.54) is 24.3 Å². The predicted octanol–water partition coefficient (Wildman–Crippen LogP) is 2.91. The Kier molecular flexibility index (Phi) is 17.5. The average Bonchev–Trinajstić information content (AvgIpc) is 2.81. The summed E-state index contributed by atoms with van der Waals surface area (Å²) < 4.78 is 120. The number of carbonyl (C=O) groups is 2. The third kappa shape index (κ3) is 19.3. The molecule has 0 spiro atoms. The van der Waals surface area contributed by atoms with E-state index in [4.69, 9.17) is 16.7 Å². The number of carboxylic acids is 1. The topological polar surface area (TPSA) is 160 Å². The van der Waals surface area contributed by atoms with Gasteiger partial charge in [-0.15, -0.1) is 39.5 Å². The van der Waals surface area contributed by atoms with Gasteiger partial charge in [0.25, 0.3) is 0 Å². The van der Waals surface area contributed by atoms with E-state index in [2.05, 4.69) is 33.9 Å². The molecule has 0 aliphatic carbocycles. The molecule has 0 amide bonds. The Labute approximate surface area is 261 Å². The Bertz CT molecular complexity index is 1320. The number of methoxy groups -OCH3 is 1. The van der Waals surface area contributed by atoms with Gasteiger partial charge >= 0.3 is 60.6 Å². The van der Waals surface area contributed by atoms with Crippen LogP contribution >= 0.6 is 11.6 Å². The number of halogens is 10. The van der Waals surface area contributed by atoms with Gasteiger partial charge in [-0.05, 0) is 18.2 Å². The summed E-state index contributed by atoms with van der Waals surface area (Å²) in [7, 11) is 1.10. The molecular formula is C21H14ClF9N3NaO8. The maximum absolute atomic E-state index is 11.8. The van der Waals surface area contributed by atoms with Crippen molar-refractivity contribution in [2.45, 2.75) is 19.1 Å². The molecule has 0 aliphatic rings. The fourth-order valence-corrected chi connectivity index (χ4v) is 2.24. The monoisotopic (exact) mass is 665 g/mol. The first-order chi connectivity index (χ1) is 18.8. The molecule has 3 aromatic rings. The summed E-state index contributed by atoms with van der Waals surface area (Å²) in [5.74, 6) is -4.31. The van der Waals surface area contributed by atoms with Crippen LogP contribution in [0.4, 0.5) is 39.5 Å². The van der Waals surface area contributed by atoms with Crippen molar-refractivity contribution in [2.75, 3.05) is 7.11 Å². The van der Waals surface area contributed by atoms with Crippen molar-refractivity contribution in [3.8, 4) is 17.6 Å². The molecule has 3 heterocycles. The smallest absolute Gasteiger partial charge is 0.870 e. The molecule has 0 saturated carbocycles. The van der Waals surface area contributed by atoms with E-state index in [0.29, 0.717) is 0 Å². The first kappa shape index (κ1) is 41.5. The minimum atomic E-state index is -4.87. The minimum absolute atomic E-state index is 0. The van der Waals surface area contributed by atoms with E-state index in [-0.39, 0.29) is 45.9 Å². The van der Waals surface area contributed by atoms with Crippen LogP contribution in [0.2, 0.25) is 5.15 Å². The Balaban J connectivity index is 0. The number of esters is 1. The zero-order valence-corrected chi connectivity index (χ0v) is 23.9. The van der Waals surface area contributed by atoms with E-state index >= 15 is 0 Å². The molecule has 0 aromatic carbocycles. The van der Waals surface area contributed by atoms with Gasteiger partial charge in [0.15, 0.2) is 11.4 Å². The van der Waals surface area contributed by atoms with E-state index in [1.54, 1.807) is 0 Å². The van der Waals surface area contributed by atoms with Crippen molar-refractivity contribution < 1.29 is 108 Å². The van der Waals surface area contributed by atoms with Crippen LogP contribution in [0.15, 0.2) is 54.6 Å². The van der Waals surface area contributed by atoms with Crippen LogP contribution in [-0.4, -0.2) is 63.7 Å². The van der Waals surface area contributed by atoms with E-state index < -0.39 is 54.4 Å². The summed E-state index contributed by atoms with van der Waals surface area (Å²) in [6.07, 6.45) is -14.4. The Morgan fingerprint density at radius 3 is 1.37 bits per heavy atom. The standard InChI is InChI=1S/C8H6F3NO3.C7H4F3NO3.C6H3ClF3NO.Na.H2O/c1-14-7(13)5-3-2-4-6(12-5)15-8(9,10)11;8-7(9,10)14-5-3-1-2-4(11-5)6(12)13;7-4-2-1-3-5(11-4)12-6(8,9)10;;/h2-4H,1H3;1-3H,(H,12,13);1-3H;;1H2/q;;;+1;/p-1. The maximum atomic E-state index is 11.8. The van der Waals surface area contributed by atoms with Gasteiger partial charge in [-0.3, -0.25) is 0 Å². The average molecular weight is 666 g/mol.